The summed E-state index contributed by atoms with van der Waals surface area (Å²) in [6.45, 7) is 10.4. The minimum absolute atomic E-state index is 0.198. The van der Waals surface area contributed by atoms with Crippen LogP contribution in [0.25, 0.3) is 0 Å². The highest BCUT2D eigenvalue weighted by Crippen LogP contribution is 2.16. The number of unbranched alkanes of at least 4 members (excludes halogenated alkanes) is 5. The third-order valence-corrected chi connectivity index (χ3v) is 3.49. The quantitative estimate of drug-likeness (QED) is 0.248. The zero-order valence-electron chi connectivity index (χ0n) is 13.3. The van der Waals surface area contributed by atoms with Gasteiger partial charge in [-0.3, -0.25) is 0 Å². The molecule has 0 heterocycles. The zero-order chi connectivity index (χ0) is 14.7. The van der Waals surface area contributed by atoms with Gasteiger partial charge in [-0.05, 0) is 46.1 Å². The average Bonchev–Trinajstić information content (AvgIpc) is 2.41. The normalized spacial score (nSPS) is 13.2. The van der Waals surface area contributed by atoms with Gasteiger partial charge in [0.05, 0.1) is 6.61 Å². The SMILES string of the molecule is CCCCCCC/C=C(C)/C(C)=C(\C)C(=O)OCC. The summed E-state index contributed by atoms with van der Waals surface area (Å²) in [7, 11) is 0. The Balaban J connectivity index is 4.26. The first-order valence-corrected chi connectivity index (χ1v) is 7.56. The summed E-state index contributed by atoms with van der Waals surface area (Å²) in [6.07, 6.45) is 9.84. The standard InChI is InChI=1S/C17H30O2/c1-6-8-9-10-11-12-13-14(3)15(4)16(5)17(18)19-7-2/h13H,6-12H2,1-5H3/b14-13+,16-15+. The van der Waals surface area contributed by atoms with Crippen LogP contribution in [-0.2, 0) is 9.53 Å². The van der Waals surface area contributed by atoms with Crippen LogP contribution >= 0.6 is 0 Å². The third kappa shape index (κ3) is 7.86. The minimum atomic E-state index is -0.198. The van der Waals surface area contributed by atoms with E-state index in [2.05, 4.69) is 19.9 Å². The van der Waals surface area contributed by atoms with Gasteiger partial charge in [0.2, 0.25) is 0 Å². The van der Waals surface area contributed by atoms with Gasteiger partial charge < -0.3 is 4.74 Å². The van der Waals surface area contributed by atoms with E-state index in [1.165, 1.54) is 37.7 Å². The molecule has 0 saturated carbocycles. The van der Waals surface area contributed by atoms with Crippen molar-refractivity contribution in [2.24, 2.45) is 0 Å². The average molecular weight is 266 g/mol. The van der Waals surface area contributed by atoms with Crippen molar-refractivity contribution in [1.29, 1.82) is 0 Å². The molecule has 2 nitrogen and oxygen atoms in total. The van der Waals surface area contributed by atoms with Crippen molar-refractivity contribution in [2.45, 2.75) is 73.1 Å². The lowest BCUT2D eigenvalue weighted by Crippen LogP contribution is -2.07. The van der Waals surface area contributed by atoms with Crippen LogP contribution in [0.5, 0.6) is 0 Å². The minimum Gasteiger partial charge on any atom is -0.463 e. The van der Waals surface area contributed by atoms with E-state index in [0.717, 1.165) is 17.6 Å². The van der Waals surface area contributed by atoms with Gasteiger partial charge in [-0.25, -0.2) is 4.79 Å². The van der Waals surface area contributed by atoms with Gasteiger partial charge in [0.1, 0.15) is 0 Å². The number of hydrogen-bond acceptors (Lipinski definition) is 2. The molecule has 19 heavy (non-hydrogen) atoms. The third-order valence-electron chi connectivity index (χ3n) is 3.49. The van der Waals surface area contributed by atoms with Gasteiger partial charge in [-0.1, -0.05) is 44.3 Å². The molecule has 0 radical (unpaired) electrons. The molecule has 0 amide bonds. The molecule has 0 aliphatic rings. The lowest BCUT2D eigenvalue weighted by Gasteiger charge is -2.08. The fourth-order valence-electron chi connectivity index (χ4n) is 1.91. The van der Waals surface area contributed by atoms with E-state index in [1.807, 2.05) is 20.8 Å². The molecule has 0 fully saturated rings. The maximum atomic E-state index is 11.6. The molecule has 0 unspecified atom stereocenters. The summed E-state index contributed by atoms with van der Waals surface area (Å²) in [5.41, 5.74) is 2.97. The number of allylic oxidation sites excluding steroid dienone is 3. The van der Waals surface area contributed by atoms with E-state index < -0.39 is 0 Å². The van der Waals surface area contributed by atoms with Crippen molar-refractivity contribution >= 4 is 5.97 Å². The van der Waals surface area contributed by atoms with Gasteiger partial charge in [-0.15, -0.1) is 0 Å². The largest absolute Gasteiger partial charge is 0.463 e. The molecular formula is C17H30O2. The molecule has 0 aliphatic carbocycles. The summed E-state index contributed by atoms with van der Waals surface area (Å²) < 4.78 is 5.02. The molecule has 0 N–H and O–H groups in total. The topological polar surface area (TPSA) is 26.3 Å². The predicted molar refractivity (Wildman–Crippen MR) is 82.1 cm³/mol. The fourth-order valence-corrected chi connectivity index (χ4v) is 1.91. The van der Waals surface area contributed by atoms with Crippen molar-refractivity contribution in [1.82, 2.24) is 0 Å². The Hall–Kier alpha value is -1.05. The van der Waals surface area contributed by atoms with E-state index in [9.17, 15) is 4.79 Å². The Kier molecular flexibility index (Phi) is 10.2. The highest BCUT2D eigenvalue weighted by atomic mass is 16.5. The Bertz CT molecular complexity index is 324. The van der Waals surface area contributed by atoms with Crippen molar-refractivity contribution in [3.8, 4) is 0 Å². The first kappa shape index (κ1) is 17.9. The number of hydrogen-bond donors (Lipinski definition) is 0. The van der Waals surface area contributed by atoms with Gasteiger partial charge in [-0.2, -0.15) is 0 Å². The Morgan fingerprint density at radius 1 is 0.947 bits per heavy atom. The van der Waals surface area contributed by atoms with E-state index in [4.69, 9.17) is 4.74 Å². The lowest BCUT2D eigenvalue weighted by molar-refractivity contribution is -0.138. The fraction of sp³-hybridized carbons (Fsp3) is 0.706. The number of esters is 1. The molecule has 0 aromatic carbocycles. The first-order valence-electron chi connectivity index (χ1n) is 7.56. The summed E-state index contributed by atoms with van der Waals surface area (Å²) >= 11 is 0. The molecule has 2 heteroatoms. The van der Waals surface area contributed by atoms with E-state index in [-0.39, 0.29) is 5.97 Å². The second-order valence-electron chi connectivity index (χ2n) is 5.06. The molecule has 0 aromatic heterocycles. The molecule has 0 saturated heterocycles. The number of carbonyl (C=O) groups excluding carboxylic acids is 1. The summed E-state index contributed by atoms with van der Waals surface area (Å²) in [6, 6.07) is 0. The maximum absolute atomic E-state index is 11.6. The van der Waals surface area contributed by atoms with Gasteiger partial charge in [0, 0.05) is 5.57 Å². The Morgan fingerprint density at radius 2 is 1.58 bits per heavy atom. The number of rotatable bonds is 9. The van der Waals surface area contributed by atoms with E-state index >= 15 is 0 Å². The van der Waals surface area contributed by atoms with Crippen LogP contribution in [0.2, 0.25) is 0 Å². The molecule has 110 valence electrons. The van der Waals surface area contributed by atoms with Crippen LogP contribution in [0.15, 0.2) is 22.8 Å². The van der Waals surface area contributed by atoms with Crippen molar-refractivity contribution in [3.05, 3.63) is 22.8 Å². The van der Waals surface area contributed by atoms with E-state index in [1.54, 1.807) is 0 Å². The van der Waals surface area contributed by atoms with Crippen molar-refractivity contribution in [3.63, 3.8) is 0 Å². The van der Waals surface area contributed by atoms with Crippen LogP contribution in [0.4, 0.5) is 0 Å². The van der Waals surface area contributed by atoms with Gasteiger partial charge >= 0.3 is 5.97 Å². The highest BCUT2D eigenvalue weighted by Gasteiger charge is 2.09. The van der Waals surface area contributed by atoms with Crippen molar-refractivity contribution < 1.29 is 9.53 Å². The maximum Gasteiger partial charge on any atom is 0.333 e. The predicted octanol–water partition coefficient (Wildman–Crippen LogP) is 5.19. The molecule has 0 atom stereocenters. The Morgan fingerprint density at radius 3 is 2.16 bits per heavy atom. The second-order valence-corrected chi connectivity index (χ2v) is 5.06. The monoisotopic (exact) mass is 266 g/mol. The van der Waals surface area contributed by atoms with Crippen molar-refractivity contribution in [2.75, 3.05) is 6.61 Å². The molecule has 0 spiro atoms. The smallest absolute Gasteiger partial charge is 0.333 e. The van der Waals surface area contributed by atoms with Crippen LogP contribution in [0.3, 0.4) is 0 Å². The summed E-state index contributed by atoms with van der Waals surface area (Å²) in [4.78, 5) is 11.6. The summed E-state index contributed by atoms with van der Waals surface area (Å²) in [5.74, 6) is -0.198. The van der Waals surface area contributed by atoms with Crippen LogP contribution in [0, 0.1) is 0 Å². The first-order chi connectivity index (χ1) is 9.04. The molecule has 0 aromatic rings. The molecule has 0 rings (SSSR count). The van der Waals surface area contributed by atoms with Crippen LogP contribution in [-0.4, -0.2) is 12.6 Å². The Labute approximate surface area is 118 Å². The number of ether oxygens (including phenoxy) is 1. The van der Waals surface area contributed by atoms with Crippen LogP contribution in [0.1, 0.15) is 73.1 Å². The molecule has 0 bridgehead atoms. The zero-order valence-corrected chi connectivity index (χ0v) is 13.3. The van der Waals surface area contributed by atoms with E-state index in [0.29, 0.717) is 6.61 Å². The highest BCUT2D eigenvalue weighted by molar-refractivity contribution is 5.89. The van der Waals surface area contributed by atoms with Crippen LogP contribution < -0.4 is 0 Å². The second kappa shape index (κ2) is 10.8. The molecular weight excluding hydrogens is 236 g/mol. The summed E-state index contributed by atoms with van der Waals surface area (Å²) in [5, 5.41) is 0. The molecule has 0 aliphatic heterocycles. The van der Waals surface area contributed by atoms with Gasteiger partial charge in [0.25, 0.3) is 0 Å². The number of carbonyl (C=O) groups is 1. The van der Waals surface area contributed by atoms with Gasteiger partial charge in [0.15, 0.2) is 0 Å². The lowest BCUT2D eigenvalue weighted by atomic mass is 10.0.